The predicted octanol–water partition coefficient (Wildman–Crippen LogP) is 2.31. The van der Waals surface area contributed by atoms with E-state index in [1.807, 2.05) is 41.1 Å². The number of aromatic nitrogens is 2. The van der Waals surface area contributed by atoms with Gasteiger partial charge in [-0.3, -0.25) is 9.59 Å². The van der Waals surface area contributed by atoms with Crippen LogP contribution in [0.2, 0.25) is 0 Å². The molecule has 0 atom stereocenters. The van der Waals surface area contributed by atoms with Crippen LogP contribution in [-0.4, -0.2) is 27.0 Å². The zero-order valence-corrected chi connectivity index (χ0v) is 13.5. The summed E-state index contributed by atoms with van der Waals surface area (Å²) in [6.45, 7) is 0.346. The first-order valence-electron chi connectivity index (χ1n) is 7.46. The fourth-order valence-electron chi connectivity index (χ4n) is 2.57. The molecule has 24 heavy (non-hydrogen) atoms. The first-order chi connectivity index (χ1) is 11.7. The summed E-state index contributed by atoms with van der Waals surface area (Å²) in [6.07, 6.45) is 3.80. The van der Waals surface area contributed by atoms with Gasteiger partial charge in [0.15, 0.2) is 0 Å². The van der Waals surface area contributed by atoms with Gasteiger partial charge < -0.3 is 15.0 Å². The summed E-state index contributed by atoms with van der Waals surface area (Å²) in [5.41, 5.74) is 2.84. The van der Waals surface area contributed by atoms with Gasteiger partial charge in [0.05, 0.1) is 23.7 Å². The third kappa shape index (κ3) is 2.85. The van der Waals surface area contributed by atoms with Gasteiger partial charge in [-0.2, -0.15) is 0 Å². The molecule has 1 aromatic carbocycles. The number of pyridine rings is 1. The number of nitrogens with one attached hydrogen (secondary N) is 2. The number of hydrogen-bond acceptors (Lipinski definition) is 4. The molecule has 0 saturated carbocycles. The van der Waals surface area contributed by atoms with Crippen LogP contribution in [0.25, 0.3) is 5.65 Å². The highest BCUT2D eigenvalue weighted by Gasteiger charge is 2.17. The molecule has 3 heterocycles. The molecule has 0 fully saturated rings. The standard InChI is InChI=1S/C17H14N4O2S/c22-16-10-24-14-5-4-11(7-13(14)20-16)17(23)18-8-12-9-21-6-2-1-3-15(21)19-12/h1-7,9H,8,10H2,(H,18,23)(H,20,22). The number of hydrogen-bond donors (Lipinski definition) is 2. The van der Waals surface area contributed by atoms with Crippen molar-refractivity contribution in [2.24, 2.45) is 0 Å². The van der Waals surface area contributed by atoms with E-state index in [9.17, 15) is 9.59 Å². The summed E-state index contributed by atoms with van der Waals surface area (Å²) in [5, 5.41) is 5.65. The number of thioether (sulfide) groups is 1. The maximum Gasteiger partial charge on any atom is 0.251 e. The van der Waals surface area contributed by atoms with E-state index in [2.05, 4.69) is 15.6 Å². The Morgan fingerprint density at radius 3 is 3.12 bits per heavy atom. The van der Waals surface area contributed by atoms with Crippen molar-refractivity contribution in [2.45, 2.75) is 11.4 Å². The molecule has 0 unspecified atom stereocenters. The van der Waals surface area contributed by atoms with Gasteiger partial charge >= 0.3 is 0 Å². The maximum atomic E-state index is 12.3. The van der Waals surface area contributed by atoms with Crippen LogP contribution in [-0.2, 0) is 11.3 Å². The van der Waals surface area contributed by atoms with Gasteiger partial charge in [-0.25, -0.2) is 4.98 Å². The molecular weight excluding hydrogens is 324 g/mol. The molecule has 0 radical (unpaired) electrons. The normalized spacial score (nSPS) is 13.4. The topological polar surface area (TPSA) is 75.5 Å². The number of nitrogens with zero attached hydrogens (tertiary/aromatic N) is 2. The molecule has 3 aromatic rings. The minimum Gasteiger partial charge on any atom is -0.346 e. The molecule has 6 nitrogen and oxygen atoms in total. The quantitative estimate of drug-likeness (QED) is 0.768. The minimum absolute atomic E-state index is 0.0465. The van der Waals surface area contributed by atoms with E-state index >= 15 is 0 Å². The zero-order valence-electron chi connectivity index (χ0n) is 12.7. The van der Waals surface area contributed by atoms with Crippen molar-refractivity contribution in [2.75, 3.05) is 11.1 Å². The maximum absolute atomic E-state index is 12.3. The number of imidazole rings is 1. The molecule has 0 spiro atoms. The van der Waals surface area contributed by atoms with Gasteiger partial charge in [-0.05, 0) is 30.3 Å². The van der Waals surface area contributed by atoms with Crippen LogP contribution in [0.15, 0.2) is 53.7 Å². The summed E-state index contributed by atoms with van der Waals surface area (Å²) in [4.78, 5) is 29.2. The Balaban J connectivity index is 1.48. The molecule has 1 aliphatic rings. The first kappa shape index (κ1) is 14.8. The number of rotatable bonds is 3. The molecule has 2 aromatic heterocycles. The molecular formula is C17H14N4O2S. The van der Waals surface area contributed by atoms with Crippen molar-refractivity contribution in [1.82, 2.24) is 14.7 Å². The van der Waals surface area contributed by atoms with Crippen LogP contribution in [0.3, 0.4) is 0 Å². The highest BCUT2D eigenvalue weighted by molar-refractivity contribution is 8.00. The van der Waals surface area contributed by atoms with Crippen LogP contribution < -0.4 is 10.6 Å². The van der Waals surface area contributed by atoms with Crippen LogP contribution in [0.5, 0.6) is 0 Å². The van der Waals surface area contributed by atoms with E-state index in [0.29, 0.717) is 23.5 Å². The largest absolute Gasteiger partial charge is 0.346 e. The number of carbonyl (C=O) groups is 2. The van der Waals surface area contributed by atoms with Gasteiger partial charge in [0.2, 0.25) is 5.91 Å². The summed E-state index contributed by atoms with van der Waals surface area (Å²) in [5.74, 6) is 0.168. The molecule has 2 N–H and O–H groups in total. The molecule has 0 bridgehead atoms. The lowest BCUT2D eigenvalue weighted by Crippen LogP contribution is -2.24. The molecule has 4 rings (SSSR count). The fraction of sp³-hybridized carbons (Fsp3) is 0.118. The van der Waals surface area contributed by atoms with Crippen molar-refractivity contribution in [1.29, 1.82) is 0 Å². The van der Waals surface area contributed by atoms with Gasteiger partial charge in [-0.15, -0.1) is 11.8 Å². The highest BCUT2D eigenvalue weighted by atomic mass is 32.2. The van der Waals surface area contributed by atoms with Crippen LogP contribution in [0.4, 0.5) is 5.69 Å². The number of fused-ring (bicyclic) bond motifs is 2. The van der Waals surface area contributed by atoms with Crippen LogP contribution >= 0.6 is 11.8 Å². The second-order valence-corrected chi connectivity index (χ2v) is 6.45. The van der Waals surface area contributed by atoms with E-state index in [-0.39, 0.29) is 11.8 Å². The van der Waals surface area contributed by atoms with Crippen molar-refractivity contribution >= 4 is 34.9 Å². The lowest BCUT2D eigenvalue weighted by atomic mass is 10.2. The molecule has 1 aliphatic heterocycles. The third-order valence-electron chi connectivity index (χ3n) is 3.72. The number of carbonyl (C=O) groups excluding carboxylic acids is 2. The average molecular weight is 338 g/mol. The first-order valence-corrected chi connectivity index (χ1v) is 8.45. The van der Waals surface area contributed by atoms with E-state index in [0.717, 1.165) is 16.2 Å². The van der Waals surface area contributed by atoms with E-state index < -0.39 is 0 Å². The summed E-state index contributed by atoms with van der Waals surface area (Å²) in [6, 6.07) is 11.1. The predicted molar refractivity (Wildman–Crippen MR) is 92.2 cm³/mol. The zero-order chi connectivity index (χ0) is 16.5. The van der Waals surface area contributed by atoms with Gasteiger partial charge in [0, 0.05) is 22.9 Å². The number of amides is 2. The minimum atomic E-state index is -0.195. The molecule has 0 aliphatic carbocycles. The Bertz CT molecular complexity index is 918. The third-order valence-corrected chi connectivity index (χ3v) is 4.79. The number of benzene rings is 1. The smallest absolute Gasteiger partial charge is 0.251 e. The lowest BCUT2D eigenvalue weighted by Gasteiger charge is -2.16. The van der Waals surface area contributed by atoms with Crippen LogP contribution in [0.1, 0.15) is 16.1 Å². The SMILES string of the molecule is O=C1CSc2ccc(C(=O)NCc3cn4ccccc4n3)cc2N1. The Morgan fingerprint density at radius 2 is 2.25 bits per heavy atom. The fourth-order valence-corrected chi connectivity index (χ4v) is 3.36. The lowest BCUT2D eigenvalue weighted by molar-refractivity contribution is -0.113. The highest BCUT2D eigenvalue weighted by Crippen LogP contribution is 2.31. The Morgan fingerprint density at radius 1 is 1.33 bits per heavy atom. The van der Waals surface area contributed by atoms with Crippen molar-refractivity contribution in [3.63, 3.8) is 0 Å². The second-order valence-electron chi connectivity index (χ2n) is 5.43. The van der Waals surface area contributed by atoms with Crippen molar-refractivity contribution in [3.05, 3.63) is 60.0 Å². The molecule has 0 saturated heterocycles. The number of anilines is 1. The van der Waals surface area contributed by atoms with E-state index in [1.165, 1.54) is 11.8 Å². The molecule has 2 amide bonds. The molecule has 120 valence electrons. The van der Waals surface area contributed by atoms with Gasteiger partial charge in [0.25, 0.3) is 5.91 Å². The van der Waals surface area contributed by atoms with E-state index in [1.54, 1.807) is 12.1 Å². The van der Waals surface area contributed by atoms with E-state index in [4.69, 9.17) is 0 Å². The van der Waals surface area contributed by atoms with Crippen LogP contribution in [0, 0.1) is 0 Å². The molecule has 7 heteroatoms. The monoisotopic (exact) mass is 338 g/mol. The van der Waals surface area contributed by atoms with Crippen molar-refractivity contribution in [3.8, 4) is 0 Å². The summed E-state index contributed by atoms with van der Waals surface area (Å²) >= 11 is 1.47. The average Bonchev–Trinajstić information content (AvgIpc) is 3.02. The van der Waals surface area contributed by atoms with Gasteiger partial charge in [-0.1, -0.05) is 6.07 Å². The van der Waals surface area contributed by atoms with Crippen molar-refractivity contribution < 1.29 is 9.59 Å². The second kappa shape index (κ2) is 6.01. The Labute approximate surface area is 142 Å². The Hall–Kier alpha value is -2.80. The Kier molecular flexibility index (Phi) is 3.70. The summed E-state index contributed by atoms with van der Waals surface area (Å²) < 4.78 is 1.91. The summed E-state index contributed by atoms with van der Waals surface area (Å²) in [7, 11) is 0. The van der Waals surface area contributed by atoms with Gasteiger partial charge in [0.1, 0.15) is 5.65 Å².